The van der Waals surface area contributed by atoms with Crippen LogP contribution in [0.25, 0.3) is 22.1 Å². The number of aromatic nitrogens is 6. The second kappa shape index (κ2) is 5.76. The second-order valence-electron chi connectivity index (χ2n) is 4.03. The van der Waals surface area contributed by atoms with E-state index in [1.165, 1.54) is 12.7 Å². The van der Waals surface area contributed by atoms with Crippen molar-refractivity contribution in [3.05, 3.63) is 42.3 Å². The molecule has 8 heteroatoms. The molecule has 4 rings (SSSR count). The normalized spacial score (nSPS) is 10.4. The number of H-pyrrole nitrogens is 2. The van der Waals surface area contributed by atoms with Gasteiger partial charge in [0, 0.05) is 12.4 Å². The van der Waals surface area contributed by atoms with Crippen molar-refractivity contribution in [2.45, 2.75) is 0 Å². The van der Waals surface area contributed by atoms with E-state index < -0.39 is 0 Å². The number of rotatable bonds is 1. The van der Waals surface area contributed by atoms with Gasteiger partial charge < -0.3 is 14.7 Å². The summed E-state index contributed by atoms with van der Waals surface area (Å²) in [7, 11) is 1.59. The highest BCUT2D eigenvalue weighted by Crippen LogP contribution is 2.18. The third-order valence-corrected chi connectivity index (χ3v) is 3.12. The number of methoxy groups -OCH3 is 1. The Labute approximate surface area is 124 Å². The molecule has 0 atom stereocenters. The lowest BCUT2D eigenvalue weighted by molar-refractivity contribution is 0.402. The quantitative estimate of drug-likeness (QED) is 0.527. The van der Waals surface area contributed by atoms with Crippen molar-refractivity contribution in [3.63, 3.8) is 0 Å². The van der Waals surface area contributed by atoms with E-state index in [1.54, 1.807) is 13.3 Å². The van der Waals surface area contributed by atoms with Gasteiger partial charge in [-0.3, -0.25) is 0 Å². The van der Waals surface area contributed by atoms with Gasteiger partial charge in [-0.05, 0) is 12.1 Å². The van der Waals surface area contributed by atoms with Crippen LogP contribution in [0.5, 0.6) is 5.88 Å². The third-order valence-electron chi connectivity index (χ3n) is 2.82. The number of aromatic amines is 2. The molecule has 4 aromatic heterocycles. The molecule has 0 saturated carbocycles. The summed E-state index contributed by atoms with van der Waals surface area (Å²) in [6.07, 6.45) is 6.49. The first kappa shape index (κ1) is 13.3. The Morgan fingerprint density at radius 3 is 2.19 bits per heavy atom. The molecular formula is C13H11ClN6O. The SMILES string of the molecule is COc1ncnc2[nH]ccc12.Clc1ncnc2[nH]ccc12. The molecule has 106 valence electrons. The van der Waals surface area contributed by atoms with Crippen LogP contribution in [0.2, 0.25) is 5.15 Å². The lowest BCUT2D eigenvalue weighted by Crippen LogP contribution is -1.88. The zero-order valence-electron chi connectivity index (χ0n) is 11.0. The van der Waals surface area contributed by atoms with Crippen LogP contribution in [-0.4, -0.2) is 37.0 Å². The summed E-state index contributed by atoms with van der Waals surface area (Å²) in [6.45, 7) is 0. The van der Waals surface area contributed by atoms with Crippen LogP contribution in [0.15, 0.2) is 37.2 Å². The summed E-state index contributed by atoms with van der Waals surface area (Å²) in [5.74, 6) is 0.608. The fourth-order valence-electron chi connectivity index (χ4n) is 1.85. The van der Waals surface area contributed by atoms with Crippen molar-refractivity contribution in [2.75, 3.05) is 7.11 Å². The minimum absolute atomic E-state index is 0.492. The van der Waals surface area contributed by atoms with Crippen LogP contribution in [0.4, 0.5) is 0 Å². The van der Waals surface area contributed by atoms with Gasteiger partial charge in [0.25, 0.3) is 0 Å². The molecule has 0 aliphatic heterocycles. The molecule has 0 fully saturated rings. The smallest absolute Gasteiger partial charge is 0.225 e. The van der Waals surface area contributed by atoms with Crippen molar-refractivity contribution in [1.29, 1.82) is 0 Å². The van der Waals surface area contributed by atoms with Crippen LogP contribution < -0.4 is 4.74 Å². The highest BCUT2D eigenvalue weighted by Gasteiger charge is 2.02. The molecule has 0 aliphatic carbocycles. The van der Waals surface area contributed by atoms with Crippen molar-refractivity contribution in [1.82, 2.24) is 29.9 Å². The first-order valence-corrected chi connectivity index (χ1v) is 6.43. The maximum absolute atomic E-state index is 5.73. The molecule has 0 saturated heterocycles. The van der Waals surface area contributed by atoms with Gasteiger partial charge in [-0.2, -0.15) is 0 Å². The molecule has 7 nitrogen and oxygen atoms in total. The topological polar surface area (TPSA) is 92.4 Å². The summed E-state index contributed by atoms with van der Waals surface area (Å²) >= 11 is 5.73. The van der Waals surface area contributed by atoms with Gasteiger partial charge in [0.2, 0.25) is 5.88 Å². The Kier molecular flexibility index (Phi) is 3.65. The Balaban J connectivity index is 0.000000126. The number of nitrogens with one attached hydrogen (secondary N) is 2. The average Bonchev–Trinajstić information content (AvgIpc) is 3.16. The average molecular weight is 303 g/mol. The molecular weight excluding hydrogens is 292 g/mol. The van der Waals surface area contributed by atoms with Gasteiger partial charge in [0.15, 0.2) is 0 Å². The highest BCUT2D eigenvalue weighted by atomic mass is 35.5. The second-order valence-corrected chi connectivity index (χ2v) is 4.39. The van der Waals surface area contributed by atoms with Gasteiger partial charge in [-0.25, -0.2) is 19.9 Å². The van der Waals surface area contributed by atoms with Gasteiger partial charge in [0.05, 0.1) is 17.9 Å². The van der Waals surface area contributed by atoms with E-state index in [-0.39, 0.29) is 0 Å². The largest absolute Gasteiger partial charge is 0.480 e. The monoisotopic (exact) mass is 302 g/mol. The predicted octanol–water partition coefficient (Wildman–Crippen LogP) is 2.58. The van der Waals surface area contributed by atoms with Crippen molar-refractivity contribution in [3.8, 4) is 5.88 Å². The lowest BCUT2D eigenvalue weighted by atomic mass is 10.4. The van der Waals surface area contributed by atoms with Crippen LogP contribution in [0.1, 0.15) is 0 Å². The molecule has 2 N–H and O–H groups in total. The van der Waals surface area contributed by atoms with E-state index in [9.17, 15) is 0 Å². The predicted molar refractivity (Wildman–Crippen MR) is 79.3 cm³/mol. The number of hydrogen-bond acceptors (Lipinski definition) is 5. The van der Waals surface area contributed by atoms with Crippen molar-refractivity contribution < 1.29 is 4.74 Å². The number of fused-ring (bicyclic) bond motifs is 2. The maximum Gasteiger partial charge on any atom is 0.225 e. The van der Waals surface area contributed by atoms with Crippen LogP contribution in [-0.2, 0) is 0 Å². The Morgan fingerprint density at radius 2 is 1.52 bits per heavy atom. The molecule has 4 aromatic rings. The first-order chi connectivity index (χ1) is 10.3. The van der Waals surface area contributed by atoms with E-state index >= 15 is 0 Å². The lowest BCUT2D eigenvalue weighted by Gasteiger charge is -1.96. The van der Waals surface area contributed by atoms with E-state index in [2.05, 4.69) is 29.9 Å². The summed E-state index contributed by atoms with van der Waals surface area (Å²) in [5.41, 5.74) is 1.58. The Bertz CT molecular complexity index is 871. The molecule has 0 amide bonds. The molecule has 0 bridgehead atoms. The first-order valence-electron chi connectivity index (χ1n) is 6.05. The molecule has 4 heterocycles. The van der Waals surface area contributed by atoms with Gasteiger partial charge in [-0.15, -0.1) is 0 Å². The minimum Gasteiger partial charge on any atom is -0.480 e. The fraction of sp³-hybridized carbons (Fsp3) is 0.0769. The van der Waals surface area contributed by atoms with Gasteiger partial charge in [0.1, 0.15) is 29.1 Å². The summed E-state index contributed by atoms with van der Waals surface area (Å²) in [5, 5.41) is 2.27. The summed E-state index contributed by atoms with van der Waals surface area (Å²) < 4.78 is 5.01. The van der Waals surface area contributed by atoms with Crippen LogP contribution in [0.3, 0.4) is 0 Å². The Hall–Kier alpha value is -2.67. The number of hydrogen-bond donors (Lipinski definition) is 2. The summed E-state index contributed by atoms with van der Waals surface area (Å²) in [4.78, 5) is 21.6. The Morgan fingerprint density at radius 1 is 0.905 bits per heavy atom. The third kappa shape index (κ3) is 2.63. The minimum atomic E-state index is 0.492. The molecule has 0 aliphatic rings. The van der Waals surface area contributed by atoms with E-state index in [1.807, 2.05) is 18.3 Å². The molecule has 0 unspecified atom stereocenters. The summed E-state index contributed by atoms with van der Waals surface area (Å²) in [6, 6.07) is 3.73. The van der Waals surface area contributed by atoms with Crippen molar-refractivity contribution >= 4 is 33.7 Å². The fourth-order valence-corrected chi connectivity index (χ4v) is 2.05. The zero-order chi connectivity index (χ0) is 14.7. The van der Waals surface area contributed by atoms with E-state index in [0.29, 0.717) is 11.0 Å². The maximum atomic E-state index is 5.73. The molecule has 0 radical (unpaired) electrons. The van der Waals surface area contributed by atoms with Gasteiger partial charge >= 0.3 is 0 Å². The zero-order valence-corrected chi connectivity index (χ0v) is 11.8. The van der Waals surface area contributed by atoms with Crippen LogP contribution in [0, 0.1) is 0 Å². The van der Waals surface area contributed by atoms with Crippen molar-refractivity contribution in [2.24, 2.45) is 0 Å². The number of nitrogens with zero attached hydrogens (tertiary/aromatic N) is 4. The van der Waals surface area contributed by atoms with E-state index in [4.69, 9.17) is 16.3 Å². The van der Waals surface area contributed by atoms with E-state index in [0.717, 1.165) is 22.1 Å². The molecule has 21 heavy (non-hydrogen) atoms. The van der Waals surface area contributed by atoms with Crippen LogP contribution >= 0.6 is 11.6 Å². The number of halogens is 1. The molecule has 0 aromatic carbocycles. The highest BCUT2D eigenvalue weighted by molar-refractivity contribution is 6.33. The number of ether oxygens (including phenoxy) is 1. The standard InChI is InChI=1S/C7H7N3O.C6H4ClN3/c1-11-7-5-2-3-8-6(5)9-4-10-7;7-5-4-1-2-8-6(4)10-3-9-5/h2-4H,1H3,(H,8,9,10);1-3H,(H,8,9,10). The molecule has 0 spiro atoms. The van der Waals surface area contributed by atoms with Gasteiger partial charge in [-0.1, -0.05) is 11.6 Å².